The normalized spacial score (nSPS) is 13.8. The first-order chi connectivity index (χ1) is 14.5. The Morgan fingerprint density at radius 1 is 0.867 bits per heavy atom. The first-order valence-electron chi connectivity index (χ1n) is 9.35. The molecule has 1 N–H and O–H groups in total. The number of nitrogens with zero attached hydrogens (tertiary/aromatic N) is 1. The van der Waals surface area contributed by atoms with E-state index in [1.54, 1.807) is 42.5 Å². The maximum atomic E-state index is 13.4. The quantitative estimate of drug-likeness (QED) is 0.589. The van der Waals surface area contributed by atoms with Gasteiger partial charge in [-0.25, -0.2) is 4.90 Å². The number of anilines is 2. The highest BCUT2D eigenvalue weighted by atomic mass is 35.5. The molecule has 0 aliphatic carbocycles. The van der Waals surface area contributed by atoms with Gasteiger partial charge in [0.2, 0.25) is 0 Å². The Morgan fingerprint density at radius 2 is 1.53 bits per heavy atom. The van der Waals surface area contributed by atoms with Gasteiger partial charge in [0.15, 0.2) is 0 Å². The fourth-order valence-corrected chi connectivity index (χ4v) is 3.48. The van der Waals surface area contributed by atoms with E-state index in [1.165, 1.54) is 7.11 Å². The number of para-hydroxylation sites is 1. The standard InChI is InChI=1S/C24H19ClN2O3/c1-15-7-11-17(12-8-15)26-22-21(19-5-3-4-6-20(19)30-2)23(28)27(24(22)29)18-13-9-16(25)10-14-18/h3-14,26H,1-2H3. The molecular formula is C24H19ClN2O3. The number of halogens is 1. The van der Waals surface area contributed by atoms with E-state index in [-0.39, 0.29) is 11.3 Å². The van der Waals surface area contributed by atoms with Crippen molar-refractivity contribution in [3.8, 4) is 5.75 Å². The van der Waals surface area contributed by atoms with Gasteiger partial charge in [0.05, 0.1) is 18.4 Å². The van der Waals surface area contributed by atoms with Crippen LogP contribution in [0.2, 0.25) is 5.02 Å². The van der Waals surface area contributed by atoms with Crippen molar-refractivity contribution in [1.82, 2.24) is 0 Å². The molecule has 0 atom stereocenters. The van der Waals surface area contributed by atoms with E-state index in [2.05, 4.69) is 5.32 Å². The molecule has 1 aliphatic heterocycles. The fourth-order valence-electron chi connectivity index (χ4n) is 3.35. The van der Waals surface area contributed by atoms with Gasteiger partial charge < -0.3 is 10.1 Å². The van der Waals surface area contributed by atoms with E-state index in [9.17, 15) is 9.59 Å². The summed E-state index contributed by atoms with van der Waals surface area (Å²) >= 11 is 5.98. The maximum absolute atomic E-state index is 13.4. The predicted molar refractivity (Wildman–Crippen MR) is 119 cm³/mol. The largest absolute Gasteiger partial charge is 0.496 e. The first kappa shape index (κ1) is 19.7. The lowest BCUT2D eigenvalue weighted by Gasteiger charge is -2.15. The predicted octanol–water partition coefficient (Wildman–Crippen LogP) is 5.05. The molecule has 5 nitrogen and oxygen atoms in total. The number of ether oxygens (including phenoxy) is 1. The van der Waals surface area contributed by atoms with Crippen LogP contribution in [0.1, 0.15) is 11.1 Å². The van der Waals surface area contributed by atoms with E-state index in [1.807, 2.05) is 37.3 Å². The zero-order valence-corrected chi connectivity index (χ0v) is 17.2. The van der Waals surface area contributed by atoms with Crippen molar-refractivity contribution in [2.75, 3.05) is 17.3 Å². The van der Waals surface area contributed by atoms with E-state index in [4.69, 9.17) is 16.3 Å². The molecule has 30 heavy (non-hydrogen) atoms. The minimum Gasteiger partial charge on any atom is -0.496 e. The van der Waals surface area contributed by atoms with Gasteiger partial charge in [-0.3, -0.25) is 9.59 Å². The van der Waals surface area contributed by atoms with Gasteiger partial charge in [0.25, 0.3) is 11.8 Å². The number of nitrogens with one attached hydrogen (secondary N) is 1. The molecule has 2 amide bonds. The minimum atomic E-state index is -0.441. The minimum absolute atomic E-state index is 0.198. The fraction of sp³-hybridized carbons (Fsp3) is 0.0833. The lowest BCUT2D eigenvalue weighted by atomic mass is 10.0. The molecule has 0 fully saturated rings. The number of imide groups is 1. The van der Waals surface area contributed by atoms with Crippen LogP contribution in [0.25, 0.3) is 5.57 Å². The average Bonchev–Trinajstić information content (AvgIpc) is 3.00. The van der Waals surface area contributed by atoms with Crippen molar-refractivity contribution in [3.63, 3.8) is 0 Å². The van der Waals surface area contributed by atoms with Gasteiger partial charge in [-0.15, -0.1) is 0 Å². The summed E-state index contributed by atoms with van der Waals surface area (Å²) < 4.78 is 5.45. The molecule has 1 aliphatic rings. The molecule has 0 bridgehead atoms. The Kier molecular flexibility index (Phi) is 5.29. The van der Waals surface area contributed by atoms with E-state index in [0.717, 1.165) is 10.5 Å². The molecule has 3 aromatic rings. The first-order valence-corrected chi connectivity index (χ1v) is 9.73. The second-order valence-corrected chi connectivity index (χ2v) is 7.30. The molecule has 0 saturated carbocycles. The highest BCUT2D eigenvalue weighted by molar-refractivity contribution is 6.46. The summed E-state index contributed by atoms with van der Waals surface area (Å²) in [6.45, 7) is 1.98. The van der Waals surface area contributed by atoms with Gasteiger partial charge in [-0.05, 0) is 49.4 Å². The van der Waals surface area contributed by atoms with Crippen LogP contribution >= 0.6 is 11.6 Å². The highest BCUT2D eigenvalue weighted by Crippen LogP contribution is 2.37. The Bertz CT molecular complexity index is 1150. The molecule has 3 aromatic carbocycles. The summed E-state index contributed by atoms with van der Waals surface area (Å²) in [5, 5.41) is 3.67. The van der Waals surface area contributed by atoms with Crippen molar-refractivity contribution >= 4 is 40.4 Å². The van der Waals surface area contributed by atoms with Gasteiger partial charge in [0.1, 0.15) is 11.4 Å². The van der Waals surface area contributed by atoms with Crippen molar-refractivity contribution in [2.24, 2.45) is 0 Å². The van der Waals surface area contributed by atoms with Crippen molar-refractivity contribution < 1.29 is 14.3 Å². The van der Waals surface area contributed by atoms with Crippen LogP contribution in [0.4, 0.5) is 11.4 Å². The highest BCUT2D eigenvalue weighted by Gasteiger charge is 2.41. The third-order valence-corrected chi connectivity index (χ3v) is 5.12. The van der Waals surface area contributed by atoms with Gasteiger partial charge in [-0.1, -0.05) is 47.5 Å². The van der Waals surface area contributed by atoms with Gasteiger partial charge >= 0.3 is 0 Å². The van der Waals surface area contributed by atoms with Crippen LogP contribution in [-0.4, -0.2) is 18.9 Å². The maximum Gasteiger partial charge on any atom is 0.282 e. The molecule has 0 radical (unpaired) electrons. The summed E-state index contributed by atoms with van der Waals surface area (Å²) in [6.07, 6.45) is 0. The van der Waals surface area contributed by atoms with Crippen LogP contribution in [0.3, 0.4) is 0 Å². The zero-order chi connectivity index (χ0) is 21.3. The molecule has 0 unspecified atom stereocenters. The molecule has 6 heteroatoms. The van der Waals surface area contributed by atoms with Gasteiger partial charge in [-0.2, -0.15) is 0 Å². The zero-order valence-electron chi connectivity index (χ0n) is 16.5. The number of carbonyl (C=O) groups is 2. The number of amides is 2. The van der Waals surface area contributed by atoms with Crippen LogP contribution in [-0.2, 0) is 9.59 Å². The topological polar surface area (TPSA) is 58.6 Å². The second kappa shape index (κ2) is 8.05. The van der Waals surface area contributed by atoms with E-state index in [0.29, 0.717) is 27.7 Å². The summed E-state index contributed by atoms with van der Waals surface area (Å²) in [4.78, 5) is 28.0. The average molecular weight is 419 g/mol. The number of rotatable bonds is 5. The number of hydrogen-bond acceptors (Lipinski definition) is 4. The van der Waals surface area contributed by atoms with Crippen LogP contribution in [0, 0.1) is 6.92 Å². The SMILES string of the molecule is COc1ccccc1C1=C(Nc2ccc(C)cc2)C(=O)N(c2ccc(Cl)cc2)C1=O. The smallest absolute Gasteiger partial charge is 0.282 e. The lowest BCUT2D eigenvalue weighted by Crippen LogP contribution is -2.32. The van der Waals surface area contributed by atoms with Crippen molar-refractivity contribution in [3.05, 3.63) is 94.6 Å². The van der Waals surface area contributed by atoms with E-state index < -0.39 is 11.8 Å². The summed E-state index contributed by atoms with van der Waals surface area (Å²) in [5.74, 6) is -0.361. The number of hydrogen-bond donors (Lipinski definition) is 1. The van der Waals surface area contributed by atoms with Crippen molar-refractivity contribution in [2.45, 2.75) is 6.92 Å². The summed E-state index contributed by atoms with van der Waals surface area (Å²) in [6, 6.07) is 21.3. The molecule has 0 saturated heterocycles. The molecule has 150 valence electrons. The molecule has 4 rings (SSSR count). The molecule has 0 aromatic heterocycles. The van der Waals surface area contributed by atoms with Gasteiger partial charge in [0, 0.05) is 16.3 Å². The Balaban J connectivity index is 1.85. The van der Waals surface area contributed by atoms with E-state index >= 15 is 0 Å². The molecule has 0 spiro atoms. The number of carbonyl (C=O) groups excluding carboxylic acids is 2. The Morgan fingerprint density at radius 3 is 2.20 bits per heavy atom. The number of benzene rings is 3. The molecule has 1 heterocycles. The summed E-state index contributed by atoms with van der Waals surface area (Å²) in [5.41, 5.74) is 3.25. The van der Waals surface area contributed by atoms with Crippen molar-refractivity contribution in [1.29, 1.82) is 0 Å². The third-order valence-electron chi connectivity index (χ3n) is 4.87. The van der Waals surface area contributed by atoms with Crippen LogP contribution in [0.15, 0.2) is 78.5 Å². The lowest BCUT2D eigenvalue weighted by molar-refractivity contribution is -0.120. The Hall–Kier alpha value is -3.57. The number of aryl methyl sites for hydroxylation is 1. The monoisotopic (exact) mass is 418 g/mol. The second-order valence-electron chi connectivity index (χ2n) is 6.86. The van der Waals surface area contributed by atoms with Crippen LogP contribution < -0.4 is 15.0 Å². The molecular weight excluding hydrogens is 400 g/mol. The summed E-state index contributed by atoms with van der Waals surface area (Å²) in [7, 11) is 1.53. The Labute approximate surface area is 179 Å². The number of methoxy groups -OCH3 is 1. The van der Waals surface area contributed by atoms with Crippen LogP contribution in [0.5, 0.6) is 5.75 Å². The third kappa shape index (κ3) is 3.55.